The molecule has 1 unspecified atom stereocenters. The summed E-state index contributed by atoms with van der Waals surface area (Å²) in [7, 11) is 0. The van der Waals surface area contributed by atoms with Gasteiger partial charge in [0, 0.05) is 6.54 Å². The molecular weight excluding hydrogens is 202 g/mol. The molecule has 1 aromatic rings. The van der Waals surface area contributed by atoms with Crippen LogP contribution in [0.15, 0.2) is 18.2 Å². The van der Waals surface area contributed by atoms with Crippen molar-refractivity contribution in [1.29, 1.82) is 0 Å². The van der Waals surface area contributed by atoms with Crippen LogP contribution in [0.3, 0.4) is 0 Å². The largest absolute Gasteiger partial charge is 0.336 e. The van der Waals surface area contributed by atoms with Crippen LogP contribution >= 0.6 is 0 Å². The van der Waals surface area contributed by atoms with Crippen LogP contribution in [0.4, 0.5) is 19.3 Å². The summed E-state index contributed by atoms with van der Waals surface area (Å²) in [6.07, 6.45) is 0. The van der Waals surface area contributed by atoms with Gasteiger partial charge in [-0.3, -0.25) is 4.90 Å². The third kappa shape index (κ3) is 1.54. The Bertz CT molecular complexity index is 388. The molecule has 2 amide bonds. The molecule has 1 aliphatic heterocycles. The van der Waals surface area contributed by atoms with Crippen LogP contribution in [-0.4, -0.2) is 18.6 Å². The Morgan fingerprint density at radius 1 is 1.40 bits per heavy atom. The Morgan fingerprint density at radius 3 is 2.47 bits per heavy atom. The maximum Gasteiger partial charge on any atom is 0.322 e. The van der Waals surface area contributed by atoms with E-state index >= 15 is 0 Å². The van der Waals surface area contributed by atoms with Crippen LogP contribution in [0.2, 0.25) is 0 Å². The third-order valence-corrected chi connectivity index (χ3v) is 2.39. The van der Waals surface area contributed by atoms with Gasteiger partial charge in [0.2, 0.25) is 0 Å². The van der Waals surface area contributed by atoms with Gasteiger partial charge in [-0.25, -0.2) is 13.6 Å². The lowest BCUT2D eigenvalue weighted by Gasteiger charge is -2.20. The van der Waals surface area contributed by atoms with E-state index in [1.807, 2.05) is 0 Å². The minimum Gasteiger partial charge on any atom is -0.336 e. The molecule has 1 aliphatic rings. The molecule has 5 heteroatoms. The number of nitrogens with zero attached hydrogens (tertiary/aromatic N) is 1. The Balaban J connectivity index is 2.49. The van der Waals surface area contributed by atoms with Gasteiger partial charge in [-0.15, -0.1) is 0 Å². The van der Waals surface area contributed by atoms with Crippen molar-refractivity contribution >= 4 is 11.7 Å². The highest BCUT2D eigenvalue weighted by atomic mass is 19.1. The molecule has 1 aromatic carbocycles. The van der Waals surface area contributed by atoms with E-state index in [9.17, 15) is 13.6 Å². The number of halogens is 2. The number of hydrogen-bond donors (Lipinski definition) is 1. The lowest BCUT2D eigenvalue weighted by atomic mass is 10.2. The van der Waals surface area contributed by atoms with Crippen molar-refractivity contribution in [2.75, 3.05) is 11.4 Å². The van der Waals surface area contributed by atoms with Crippen LogP contribution in [-0.2, 0) is 0 Å². The summed E-state index contributed by atoms with van der Waals surface area (Å²) >= 11 is 0. The second-order valence-corrected chi connectivity index (χ2v) is 3.48. The Kier molecular flexibility index (Phi) is 2.30. The standard InChI is InChI=1S/C10H10F2N2O/c1-6-5-13-10(15)14(6)9-7(11)3-2-4-8(9)12/h2-4,6H,5H2,1H3,(H,13,15). The topological polar surface area (TPSA) is 32.3 Å². The second kappa shape index (κ2) is 3.49. The monoisotopic (exact) mass is 212 g/mol. The molecule has 1 atom stereocenters. The van der Waals surface area contributed by atoms with Crippen molar-refractivity contribution in [2.24, 2.45) is 0 Å². The molecule has 0 bridgehead atoms. The van der Waals surface area contributed by atoms with E-state index in [4.69, 9.17) is 0 Å². The maximum atomic E-state index is 13.4. The van der Waals surface area contributed by atoms with Crippen LogP contribution in [0, 0.1) is 11.6 Å². The molecule has 0 radical (unpaired) electrons. The van der Waals surface area contributed by atoms with Gasteiger partial charge < -0.3 is 5.32 Å². The van der Waals surface area contributed by atoms with Crippen molar-refractivity contribution in [3.8, 4) is 0 Å². The molecule has 0 aliphatic carbocycles. The molecule has 1 heterocycles. The summed E-state index contributed by atoms with van der Waals surface area (Å²) in [4.78, 5) is 12.5. The van der Waals surface area contributed by atoms with Crippen LogP contribution < -0.4 is 10.2 Å². The van der Waals surface area contributed by atoms with Crippen molar-refractivity contribution < 1.29 is 13.6 Å². The zero-order chi connectivity index (χ0) is 11.0. The quantitative estimate of drug-likeness (QED) is 0.757. The lowest BCUT2D eigenvalue weighted by Crippen LogP contribution is -2.33. The van der Waals surface area contributed by atoms with Gasteiger partial charge in [0.1, 0.15) is 17.3 Å². The van der Waals surface area contributed by atoms with Crippen molar-refractivity contribution in [3.63, 3.8) is 0 Å². The second-order valence-electron chi connectivity index (χ2n) is 3.48. The summed E-state index contributed by atoms with van der Waals surface area (Å²) in [6, 6.07) is 2.83. The Labute approximate surface area is 85.7 Å². The van der Waals surface area contributed by atoms with Crippen LogP contribution in [0.25, 0.3) is 0 Å². The lowest BCUT2D eigenvalue weighted by molar-refractivity contribution is 0.251. The predicted octanol–water partition coefficient (Wildman–Crippen LogP) is 1.88. The number of hydrogen-bond acceptors (Lipinski definition) is 1. The summed E-state index contributed by atoms with van der Waals surface area (Å²) in [5.74, 6) is -1.45. The number of anilines is 1. The first-order valence-electron chi connectivity index (χ1n) is 4.62. The SMILES string of the molecule is CC1CNC(=O)N1c1c(F)cccc1F. The number of urea groups is 1. The molecule has 1 fully saturated rings. The number of rotatable bonds is 1. The predicted molar refractivity (Wildman–Crippen MR) is 51.7 cm³/mol. The van der Waals surface area contributed by atoms with Crippen LogP contribution in [0.1, 0.15) is 6.92 Å². The molecule has 1 saturated heterocycles. The van der Waals surface area contributed by atoms with E-state index in [1.165, 1.54) is 6.07 Å². The zero-order valence-corrected chi connectivity index (χ0v) is 8.13. The number of carbonyl (C=O) groups is 1. The highest BCUT2D eigenvalue weighted by Gasteiger charge is 2.32. The van der Waals surface area contributed by atoms with Gasteiger partial charge in [-0.1, -0.05) is 6.07 Å². The van der Waals surface area contributed by atoms with Crippen molar-refractivity contribution in [1.82, 2.24) is 5.32 Å². The Hall–Kier alpha value is -1.65. The minimum absolute atomic E-state index is 0.246. The molecule has 80 valence electrons. The average Bonchev–Trinajstić information content (AvgIpc) is 2.49. The normalized spacial score (nSPS) is 20.6. The fourth-order valence-electron chi connectivity index (χ4n) is 1.65. The van der Waals surface area contributed by atoms with Gasteiger partial charge in [-0.2, -0.15) is 0 Å². The third-order valence-electron chi connectivity index (χ3n) is 2.39. The van der Waals surface area contributed by atoms with Crippen molar-refractivity contribution in [2.45, 2.75) is 13.0 Å². The Morgan fingerprint density at radius 2 is 2.00 bits per heavy atom. The van der Waals surface area contributed by atoms with E-state index in [2.05, 4.69) is 5.32 Å². The molecule has 0 spiro atoms. The molecular formula is C10H10F2N2O. The van der Waals surface area contributed by atoms with Crippen LogP contribution in [0.5, 0.6) is 0 Å². The maximum absolute atomic E-state index is 13.4. The summed E-state index contributed by atoms with van der Waals surface area (Å²) in [5, 5.41) is 2.53. The molecule has 0 aromatic heterocycles. The summed E-state index contributed by atoms with van der Waals surface area (Å²) in [6.45, 7) is 2.12. The number of carbonyl (C=O) groups excluding carboxylic acids is 1. The zero-order valence-electron chi connectivity index (χ0n) is 8.13. The molecule has 15 heavy (non-hydrogen) atoms. The van der Waals surface area contributed by atoms with Gasteiger partial charge in [0.05, 0.1) is 6.04 Å². The molecule has 0 saturated carbocycles. The van der Waals surface area contributed by atoms with E-state index in [-0.39, 0.29) is 11.7 Å². The van der Waals surface area contributed by atoms with E-state index in [0.29, 0.717) is 6.54 Å². The average molecular weight is 212 g/mol. The highest BCUT2D eigenvalue weighted by molar-refractivity contribution is 5.95. The fraction of sp³-hybridized carbons (Fsp3) is 0.300. The fourth-order valence-corrected chi connectivity index (χ4v) is 1.65. The minimum atomic E-state index is -0.723. The summed E-state index contributed by atoms with van der Waals surface area (Å²) < 4.78 is 26.8. The number of nitrogens with one attached hydrogen (secondary N) is 1. The highest BCUT2D eigenvalue weighted by Crippen LogP contribution is 2.26. The van der Waals surface area contributed by atoms with Gasteiger partial charge in [0.25, 0.3) is 0 Å². The van der Waals surface area contributed by atoms with Crippen molar-refractivity contribution in [3.05, 3.63) is 29.8 Å². The number of amides is 2. The van der Waals surface area contributed by atoms with Gasteiger partial charge >= 0.3 is 6.03 Å². The smallest absolute Gasteiger partial charge is 0.322 e. The molecule has 3 nitrogen and oxygen atoms in total. The van der Waals surface area contributed by atoms with E-state index in [1.54, 1.807) is 6.92 Å². The molecule has 1 N–H and O–H groups in total. The first-order chi connectivity index (χ1) is 7.11. The van der Waals surface area contributed by atoms with Gasteiger partial charge in [0.15, 0.2) is 0 Å². The van der Waals surface area contributed by atoms with Gasteiger partial charge in [-0.05, 0) is 19.1 Å². The number of benzene rings is 1. The summed E-state index contributed by atoms with van der Waals surface area (Å²) in [5.41, 5.74) is -0.278. The first-order valence-corrected chi connectivity index (χ1v) is 4.62. The molecule has 2 rings (SSSR count). The number of para-hydroxylation sites is 1. The first kappa shape index (κ1) is 9.89. The van der Waals surface area contributed by atoms with E-state index in [0.717, 1.165) is 17.0 Å². The van der Waals surface area contributed by atoms with E-state index < -0.39 is 17.7 Å².